The highest BCUT2D eigenvalue weighted by Gasteiger charge is 2.39. The third kappa shape index (κ3) is 2.44. The van der Waals surface area contributed by atoms with Gasteiger partial charge in [0.05, 0.1) is 0 Å². The van der Waals surface area contributed by atoms with Crippen LogP contribution >= 0.6 is 0 Å². The van der Waals surface area contributed by atoms with E-state index in [4.69, 9.17) is 4.74 Å². The number of hydrogen-bond donors (Lipinski definition) is 1. The van der Waals surface area contributed by atoms with Crippen molar-refractivity contribution in [2.24, 2.45) is 5.92 Å². The average molecular weight is 211 g/mol. The minimum absolute atomic E-state index is 0.202. The first-order valence-corrected chi connectivity index (χ1v) is 6.17. The molecular weight excluding hydrogens is 190 g/mol. The fourth-order valence-electron chi connectivity index (χ4n) is 2.89. The van der Waals surface area contributed by atoms with E-state index in [1.54, 1.807) is 0 Å². The Hall–Kier alpha value is -0.730. The highest BCUT2D eigenvalue weighted by molar-refractivity contribution is 5.68. The number of amides is 1. The lowest BCUT2D eigenvalue weighted by Gasteiger charge is -2.39. The van der Waals surface area contributed by atoms with E-state index >= 15 is 0 Å². The SMILES string of the molecule is CC1(C2CCCCCC2)CCNC(=O)O1. The number of hydrogen-bond acceptors (Lipinski definition) is 2. The Morgan fingerprint density at radius 1 is 1.27 bits per heavy atom. The van der Waals surface area contributed by atoms with E-state index in [1.165, 1.54) is 38.5 Å². The standard InChI is InChI=1S/C12H21NO2/c1-12(8-9-13-11(14)15-12)10-6-4-2-3-5-7-10/h10H,2-9H2,1H3,(H,13,14). The molecule has 86 valence electrons. The van der Waals surface area contributed by atoms with Crippen LogP contribution in [0, 0.1) is 5.92 Å². The molecular formula is C12H21NO2. The van der Waals surface area contributed by atoms with Crippen LogP contribution in [0.25, 0.3) is 0 Å². The Morgan fingerprint density at radius 3 is 2.53 bits per heavy atom. The summed E-state index contributed by atoms with van der Waals surface area (Å²) in [7, 11) is 0. The second kappa shape index (κ2) is 4.42. The summed E-state index contributed by atoms with van der Waals surface area (Å²) in [5, 5.41) is 2.73. The Labute approximate surface area is 91.6 Å². The van der Waals surface area contributed by atoms with Crippen LogP contribution in [-0.2, 0) is 4.74 Å². The number of cyclic esters (lactones) is 1. The first kappa shape index (κ1) is 10.8. The smallest absolute Gasteiger partial charge is 0.407 e. The Bertz CT molecular complexity index is 234. The molecule has 15 heavy (non-hydrogen) atoms. The molecule has 2 fully saturated rings. The molecule has 1 saturated carbocycles. The van der Waals surface area contributed by atoms with Gasteiger partial charge in [0.25, 0.3) is 0 Å². The molecule has 0 aromatic rings. The van der Waals surface area contributed by atoms with Gasteiger partial charge in [-0.2, -0.15) is 0 Å². The van der Waals surface area contributed by atoms with E-state index in [-0.39, 0.29) is 11.7 Å². The number of alkyl carbamates (subject to hydrolysis) is 1. The van der Waals surface area contributed by atoms with Gasteiger partial charge in [-0.05, 0) is 25.7 Å². The number of rotatable bonds is 1. The molecule has 0 aromatic heterocycles. The van der Waals surface area contributed by atoms with Gasteiger partial charge >= 0.3 is 6.09 Å². The fourth-order valence-corrected chi connectivity index (χ4v) is 2.89. The quantitative estimate of drug-likeness (QED) is 0.677. The summed E-state index contributed by atoms with van der Waals surface area (Å²) in [4.78, 5) is 11.3. The van der Waals surface area contributed by atoms with E-state index in [1.807, 2.05) is 0 Å². The summed E-state index contributed by atoms with van der Waals surface area (Å²) in [6.07, 6.45) is 8.47. The highest BCUT2D eigenvalue weighted by atomic mass is 16.6. The second-order valence-electron chi connectivity index (χ2n) is 5.07. The Balaban J connectivity index is 2.02. The number of ether oxygens (including phenoxy) is 1. The lowest BCUT2D eigenvalue weighted by molar-refractivity contribution is -0.0465. The van der Waals surface area contributed by atoms with Crippen molar-refractivity contribution < 1.29 is 9.53 Å². The molecule has 1 N–H and O–H groups in total. The van der Waals surface area contributed by atoms with Crippen LogP contribution < -0.4 is 5.32 Å². The summed E-state index contributed by atoms with van der Waals surface area (Å²) in [6.45, 7) is 2.88. The van der Waals surface area contributed by atoms with Gasteiger partial charge in [-0.25, -0.2) is 4.79 Å². The maximum Gasteiger partial charge on any atom is 0.407 e. The van der Waals surface area contributed by atoms with Crippen LogP contribution in [0.15, 0.2) is 0 Å². The van der Waals surface area contributed by atoms with Crippen molar-refractivity contribution in [2.75, 3.05) is 6.54 Å². The number of nitrogens with one attached hydrogen (secondary N) is 1. The van der Waals surface area contributed by atoms with Gasteiger partial charge < -0.3 is 10.1 Å². The molecule has 1 saturated heterocycles. The largest absolute Gasteiger partial charge is 0.443 e. The van der Waals surface area contributed by atoms with Crippen LogP contribution in [0.2, 0.25) is 0 Å². The van der Waals surface area contributed by atoms with Crippen molar-refractivity contribution in [2.45, 2.75) is 57.5 Å². The van der Waals surface area contributed by atoms with Gasteiger partial charge in [0.15, 0.2) is 0 Å². The van der Waals surface area contributed by atoms with Crippen LogP contribution in [0.5, 0.6) is 0 Å². The van der Waals surface area contributed by atoms with Crippen molar-refractivity contribution in [1.82, 2.24) is 5.32 Å². The summed E-state index contributed by atoms with van der Waals surface area (Å²) < 4.78 is 5.52. The first-order chi connectivity index (χ1) is 7.21. The molecule has 1 unspecified atom stereocenters. The van der Waals surface area contributed by atoms with E-state index in [2.05, 4.69) is 12.2 Å². The molecule has 1 atom stereocenters. The maximum atomic E-state index is 11.3. The van der Waals surface area contributed by atoms with Crippen molar-refractivity contribution in [3.63, 3.8) is 0 Å². The molecule has 0 radical (unpaired) electrons. The lowest BCUT2D eigenvalue weighted by atomic mass is 9.80. The van der Waals surface area contributed by atoms with Gasteiger partial charge in [0.1, 0.15) is 5.60 Å². The predicted octanol–water partition coefficient (Wildman–Crippen LogP) is 2.85. The van der Waals surface area contributed by atoms with Crippen molar-refractivity contribution >= 4 is 6.09 Å². The van der Waals surface area contributed by atoms with E-state index in [0.29, 0.717) is 5.92 Å². The minimum atomic E-state index is -0.229. The molecule has 1 aliphatic heterocycles. The molecule has 3 nitrogen and oxygen atoms in total. The van der Waals surface area contributed by atoms with E-state index < -0.39 is 0 Å². The summed E-state index contributed by atoms with van der Waals surface area (Å²) >= 11 is 0. The summed E-state index contributed by atoms with van der Waals surface area (Å²) in [6, 6.07) is 0. The zero-order chi connectivity index (χ0) is 10.7. The highest BCUT2D eigenvalue weighted by Crippen LogP contribution is 2.37. The van der Waals surface area contributed by atoms with Gasteiger partial charge in [0, 0.05) is 13.0 Å². The molecule has 2 aliphatic rings. The van der Waals surface area contributed by atoms with Crippen LogP contribution in [-0.4, -0.2) is 18.2 Å². The van der Waals surface area contributed by atoms with Crippen molar-refractivity contribution in [1.29, 1.82) is 0 Å². The predicted molar refractivity (Wildman–Crippen MR) is 58.7 cm³/mol. The second-order valence-corrected chi connectivity index (χ2v) is 5.07. The van der Waals surface area contributed by atoms with Crippen molar-refractivity contribution in [3.8, 4) is 0 Å². The van der Waals surface area contributed by atoms with Crippen molar-refractivity contribution in [3.05, 3.63) is 0 Å². The molecule has 2 rings (SSSR count). The number of carbonyl (C=O) groups is 1. The van der Waals surface area contributed by atoms with E-state index in [0.717, 1.165) is 13.0 Å². The molecule has 3 heteroatoms. The summed E-state index contributed by atoms with van der Waals surface area (Å²) in [5.74, 6) is 0.575. The Kier molecular flexibility index (Phi) is 3.17. The molecule has 0 spiro atoms. The average Bonchev–Trinajstić information content (AvgIpc) is 2.45. The summed E-state index contributed by atoms with van der Waals surface area (Å²) in [5.41, 5.74) is -0.202. The minimum Gasteiger partial charge on any atom is -0.443 e. The third-order valence-corrected chi connectivity index (χ3v) is 3.94. The van der Waals surface area contributed by atoms with Gasteiger partial charge in [-0.3, -0.25) is 0 Å². The topological polar surface area (TPSA) is 38.3 Å². The zero-order valence-electron chi connectivity index (χ0n) is 9.55. The third-order valence-electron chi connectivity index (χ3n) is 3.94. The van der Waals surface area contributed by atoms with Gasteiger partial charge in [-0.1, -0.05) is 25.7 Å². The maximum absolute atomic E-state index is 11.3. The lowest BCUT2D eigenvalue weighted by Crippen LogP contribution is -2.49. The zero-order valence-corrected chi connectivity index (χ0v) is 9.55. The first-order valence-electron chi connectivity index (χ1n) is 6.17. The number of carbonyl (C=O) groups excluding carboxylic acids is 1. The molecule has 1 heterocycles. The normalized spacial score (nSPS) is 34.1. The Morgan fingerprint density at radius 2 is 1.93 bits per heavy atom. The van der Waals surface area contributed by atoms with Crippen LogP contribution in [0.3, 0.4) is 0 Å². The molecule has 0 aromatic carbocycles. The van der Waals surface area contributed by atoms with Gasteiger partial charge in [0.2, 0.25) is 0 Å². The van der Waals surface area contributed by atoms with Gasteiger partial charge in [-0.15, -0.1) is 0 Å². The fraction of sp³-hybridized carbons (Fsp3) is 0.917. The molecule has 1 aliphatic carbocycles. The van der Waals surface area contributed by atoms with Crippen LogP contribution in [0.4, 0.5) is 4.79 Å². The molecule has 1 amide bonds. The monoisotopic (exact) mass is 211 g/mol. The van der Waals surface area contributed by atoms with Crippen LogP contribution in [0.1, 0.15) is 51.9 Å². The van der Waals surface area contributed by atoms with E-state index in [9.17, 15) is 4.79 Å². The molecule has 0 bridgehead atoms.